The first-order chi connectivity index (χ1) is 7.33. The molecule has 0 aliphatic heterocycles. The van der Waals surface area contributed by atoms with Crippen LogP contribution >= 0.6 is 0 Å². The quantitative estimate of drug-likeness (QED) is 0.638. The fourth-order valence-electron chi connectivity index (χ4n) is 3.13. The molecule has 0 saturated heterocycles. The molecule has 1 N–H and O–H groups in total. The molecular formula is C14H16O. The van der Waals surface area contributed by atoms with Crippen molar-refractivity contribution >= 4 is 0 Å². The first kappa shape index (κ1) is 9.17. The Balaban J connectivity index is 2.14. The van der Waals surface area contributed by atoms with Gasteiger partial charge in [0.15, 0.2) is 0 Å². The molecule has 3 rings (SSSR count). The van der Waals surface area contributed by atoms with Crippen LogP contribution in [0.3, 0.4) is 0 Å². The largest absolute Gasteiger partial charge is 0.392 e. The van der Waals surface area contributed by atoms with Gasteiger partial charge in [-0.2, -0.15) is 0 Å². The van der Waals surface area contributed by atoms with Crippen molar-refractivity contribution in [2.75, 3.05) is 0 Å². The van der Waals surface area contributed by atoms with Gasteiger partial charge in [0.05, 0.1) is 6.10 Å². The van der Waals surface area contributed by atoms with Crippen LogP contribution < -0.4 is 0 Å². The second-order valence-electron chi connectivity index (χ2n) is 4.75. The molecule has 0 aromatic heterocycles. The van der Waals surface area contributed by atoms with E-state index in [9.17, 15) is 5.11 Å². The third-order valence-electron chi connectivity index (χ3n) is 4.01. The van der Waals surface area contributed by atoms with Crippen LogP contribution in [0.2, 0.25) is 0 Å². The minimum absolute atomic E-state index is 0.00877. The SMILES string of the molecule is O[C@@H]1CCc2ccccc2C12CC=CC2. The average Bonchev–Trinajstić information content (AvgIpc) is 2.75. The summed E-state index contributed by atoms with van der Waals surface area (Å²) in [6.07, 6.45) is 8.22. The number of benzene rings is 1. The Hall–Kier alpha value is -1.08. The minimum Gasteiger partial charge on any atom is -0.392 e. The third kappa shape index (κ3) is 1.19. The zero-order valence-electron chi connectivity index (χ0n) is 8.82. The molecule has 2 aliphatic carbocycles. The van der Waals surface area contributed by atoms with E-state index in [1.54, 1.807) is 0 Å². The Morgan fingerprint density at radius 1 is 1.13 bits per heavy atom. The lowest BCUT2D eigenvalue weighted by Gasteiger charge is -2.40. The highest BCUT2D eigenvalue weighted by atomic mass is 16.3. The normalized spacial score (nSPS) is 26.9. The molecule has 0 radical (unpaired) electrons. The Bertz CT molecular complexity index is 398. The molecule has 0 amide bonds. The zero-order chi connectivity index (χ0) is 10.3. The van der Waals surface area contributed by atoms with Crippen LogP contribution in [0.25, 0.3) is 0 Å². The Morgan fingerprint density at radius 3 is 2.67 bits per heavy atom. The topological polar surface area (TPSA) is 20.2 Å². The molecule has 1 heteroatoms. The van der Waals surface area contributed by atoms with Crippen molar-refractivity contribution in [3.05, 3.63) is 47.5 Å². The zero-order valence-corrected chi connectivity index (χ0v) is 8.82. The molecule has 1 nitrogen and oxygen atoms in total. The predicted octanol–water partition coefficient (Wildman–Crippen LogP) is 2.58. The number of hydrogen-bond donors (Lipinski definition) is 1. The second-order valence-corrected chi connectivity index (χ2v) is 4.75. The lowest BCUT2D eigenvalue weighted by molar-refractivity contribution is 0.0695. The summed E-state index contributed by atoms with van der Waals surface area (Å²) in [6.45, 7) is 0. The molecule has 15 heavy (non-hydrogen) atoms. The summed E-state index contributed by atoms with van der Waals surface area (Å²) in [5, 5.41) is 10.3. The number of aliphatic hydroxyl groups excluding tert-OH is 1. The van der Waals surface area contributed by atoms with Crippen molar-refractivity contribution in [2.24, 2.45) is 0 Å². The number of aliphatic hydroxyl groups is 1. The second kappa shape index (κ2) is 3.21. The average molecular weight is 200 g/mol. The van der Waals surface area contributed by atoms with Crippen molar-refractivity contribution in [3.8, 4) is 0 Å². The van der Waals surface area contributed by atoms with Gasteiger partial charge in [0.2, 0.25) is 0 Å². The Labute approximate surface area is 90.4 Å². The fourth-order valence-corrected chi connectivity index (χ4v) is 3.13. The predicted molar refractivity (Wildman–Crippen MR) is 60.8 cm³/mol. The summed E-state index contributed by atoms with van der Waals surface area (Å²) in [5.41, 5.74) is 2.83. The van der Waals surface area contributed by atoms with Crippen molar-refractivity contribution in [1.82, 2.24) is 0 Å². The molecule has 0 fully saturated rings. The van der Waals surface area contributed by atoms with Gasteiger partial charge in [-0.05, 0) is 36.8 Å². The Morgan fingerprint density at radius 2 is 1.87 bits per heavy atom. The van der Waals surface area contributed by atoms with Gasteiger partial charge in [-0.25, -0.2) is 0 Å². The molecule has 1 spiro atoms. The van der Waals surface area contributed by atoms with Crippen LogP contribution in [0.5, 0.6) is 0 Å². The van der Waals surface area contributed by atoms with Gasteiger partial charge in [0.25, 0.3) is 0 Å². The van der Waals surface area contributed by atoms with E-state index in [1.165, 1.54) is 11.1 Å². The van der Waals surface area contributed by atoms with E-state index in [2.05, 4.69) is 36.4 Å². The Kier molecular flexibility index (Phi) is 1.96. The van der Waals surface area contributed by atoms with E-state index >= 15 is 0 Å². The molecule has 0 bridgehead atoms. The number of hydrogen-bond acceptors (Lipinski definition) is 1. The van der Waals surface area contributed by atoms with Crippen LogP contribution in [-0.2, 0) is 11.8 Å². The van der Waals surface area contributed by atoms with Gasteiger partial charge < -0.3 is 5.11 Å². The molecule has 1 aromatic carbocycles. The number of aryl methyl sites for hydroxylation is 1. The summed E-state index contributed by atoms with van der Waals surface area (Å²) in [6, 6.07) is 8.61. The highest BCUT2D eigenvalue weighted by Gasteiger charge is 2.43. The van der Waals surface area contributed by atoms with E-state index in [-0.39, 0.29) is 11.5 Å². The molecule has 0 saturated carbocycles. The highest BCUT2D eigenvalue weighted by molar-refractivity contribution is 5.41. The van der Waals surface area contributed by atoms with E-state index in [1.807, 2.05) is 0 Å². The number of fused-ring (bicyclic) bond motifs is 2. The standard InChI is InChI=1S/C14H16O/c15-13-8-7-11-5-1-2-6-12(11)14(13)9-3-4-10-14/h1-6,13,15H,7-10H2/t13-/m1/s1. The van der Waals surface area contributed by atoms with Crippen molar-refractivity contribution in [2.45, 2.75) is 37.2 Å². The van der Waals surface area contributed by atoms with E-state index in [4.69, 9.17) is 0 Å². The minimum atomic E-state index is -0.164. The van der Waals surface area contributed by atoms with Crippen molar-refractivity contribution in [1.29, 1.82) is 0 Å². The molecule has 78 valence electrons. The third-order valence-corrected chi connectivity index (χ3v) is 4.01. The fraction of sp³-hybridized carbons (Fsp3) is 0.429. The monoisotopic (exact) mass is 200 g/mol. The van der Waals surface area contributed by atoms with Gasteiger partial charge in [-0.15, -0.1) is 0 Å². The van der Waals surface area contributed by atoms with E-state index in [0.717, 1.165) is 25.7 Å². The van der Waals surface area contributed by atoms with Gasteiger partial charge >= 0.3 is 0 Å². The van der Waals surface area contributed by atoms with Crippen LogP contribution in [0.1, 0.15) is 30.4 Å². The summed E-state index contributed by atoms with van der Waals surface area (Å²) in [5.74, 6) is 0. The number of allylic oxidation sites excluding steroid dienone is 2. The summed E-state index contributed by atoms with van der Waals surface area (Å²) < 4.78 is 0. The van der Waals surface area contributed by atoms with E-state index < -0.39 is 0 Å². The lowest BCUT2D eigenvalue weighted by atomic mass is 9.66. The summed E-state index contributed by atoms with van der Waals surface area (Å²) in [4.78, 5) is 0. The molecule has 0 unspecified atom stereocenters. The van der Waals surface area contributed by atoms with Crippen LogP contribution in [0.4, 0.5) is 0 Å². The van der Waals surface area contributed by atoms with Gasteiger partial charge in [-0.3, -0.25) is 0 Å². The van der Waals surface area contributed by atoms with Crippen molar-refractivity contribution in [3.63, 3.8) is 0 Å². The highest BCUT2D eigenvalue weighted by Crippen LogP contribution is 2.45. The summed E-state index contributed by atoms with van der Waals surface area (Å²) in [7, 11) is 0. The van der Waals surface area contributed by atoms with Gasteiger partial charge in [0.1, 0.15) is 0 Å². The molecule has 2 aliphatic rings. The first-order valence-corrected chi connectivity index (χ1v) is 5.74. The maximum Gasteiger partial charge on any atom is 0.0646 e. The lowest BCUT2D eigenvalue weighted by Crippen LogP contribution is -2.41. The molecule has 0 heterocycles. The van der Waals surface area contributed by atoms with Crippen LogP contribution in [-0.4, -0.2) is 11.2 Å². The maximum atomic E-state index is 10.3. The molecule has 1 atom stereocenters. The summed E-state index contributed by atoms with van der Waals surface area (Å²) >= 11 is 0. The van der Waals surface area contributed by atoms with Crippen LogP contribution in [0.15, 0.2) is 36.4 Å². The number of rotatable bonds is 0. The first-order valence-electron chi connectivity index (χ1n) is 5.74. The molecular weight excluding hydrogens is 184 g/mol. The van der Waals surface area contributed by atoms with Gasteiger partial charge in [0, 0.05) is 5.41 Å². The van der Waals surface area contributed by atoms with Gasteiger partial charge in [-0.1, -0.05) is 36.4 Å². The van der Waals surface area contributed by atoms with E-state index in [0.29, 0.717) is 0 Å². The molecule has 1 aromatic rings. The van der Waals surface area contributed by atoms with Crippen molar-refractivity contribution < 1.29 is 5.11 Å². The smallest absolute Gasteiger partial charge is 0.0646 e. The maximum absolute atomic E-state index is 10.3. The van der Waals surface area contributed by atoms with Crippen LogP contribution in [0, 0.1) is 0 Å².